The molecular formula is C15H23N3S. The van der Waals surface area contributed by atoms with Crippen molar-refractivity contribution in [3.63, 3.8) is 0 Å². The minimum Gasteiger partial charge on any atom is -0.384 e. The molecule has 19 heavy (non-hydrogen) atoms. The van der Waals surface area contributed by atoms with E-state index in [1.807, 2.05) is 0 Å². The second-order valence-corrected chi connectivity index (χ2v) is 6.21. The van der Waals surface area contributed by atoms with Crippen LogP contribution in [0.1, 0.15) is 55.8 Å². The normalized spacial score (nSPS) is 14.2. The fraction of sp³-hybridized carbons (Fsp3) is 0.600. The Morgan fingerprint density at radius 2 is 2.16 bits per heavy atom. The summed E-state index contributed by atoms with van der Waals surface area (Å²) < 4.78 is 0. The van der Waals surface area contributed by atoms with Gasteiger partial charge in [0.05, 0.1) is 0 Å². The first-order valence-corrected chi connectivity index (χ1v) is 8.21. The van der Waals surface area contributed by atoms with Crippen LogP contribution in [0.3, 0.4) is 0 Å². The van der Waals surface area contributed by atoms with E-state index in [0.717, 1.165) is 29.2 Å². The molecule has 1 heterocycles. The van der Waals surface area contributed by atoms with Gasteiger partial charge in [0.25, 0.3) is 0 Å². The molecule has 4 heteroatoms. The molecule has 3 nitrogen and oxygen atoms in total. The van der Waals surface area contributed by atoms with Gasteiger partial charge < -0.3 is 5.73 Å². The lowest BCUT2D eigenvalue weighted by Crippen LogP contribution is -2.16. The minimum atomic E-state index is 0.152. The second kappa shape index (κ2) is 6.94. The Kier molecular flexibility index (Phi) is 5.25. The van der Waals surface area contributed by atoms with E-state index in [4.69, 9.17) is 16.1 Å². The van der Waals surface area contributed by atoms with E-state index in [9.17, 15) is 0 Å². The van der Waals surface area contributed by atoms with Crippen molar-refractivity contribution in [2.24, 2.45) is 5.73 Å². The second-order valence-electron chi connectivity index (χ2n) is 5.12. The van der Waals surface area contributed by atoms with Gasteiger partial charge in [-0.1, -0.05) is 19.8 Å². The molecule has 1 aliphatic rings. The van der Waals surface area contributed by atoms with Crippen LogP contribution in [0.15, 0.2) is 11.1 Å². The van der Waals surface area contributed by atoms with Crippen LogP contribution in [-0.2, 0) is 12.8 Å². The van der Waals surface area contributed by atoms with Gasteiger partial charge in [0.1, 0.15) is 10.9 Å². The third-order valence-electron chi connectivity index (χ3n) is 3.54. The molecular weight excluding hydrogens is 254 g/mol. The molecule has 0 atom stereocenters. The molecule has 1 aromatic heterocycles. The number of pyridine rings is 1. The van der Waals surface area contributed by atoms with Crippen molar-refractivity contribution >= 4 is 17.6 Å². The molecule has 0 amide bonds. The molecule has 0 saturated heterocycles. The summed E-state index contributed by atoms with van der Waals surface area (Å²) in [6.07, 6.45) is 8.33. The molecule has 0 unspecified atom stereocenters. The highest BCUT2D eigenvalue weighted by molar-refractivity contribution is 7.99. The number of nitrogens with two attached hydrogens (primary N) is 1. The van der Waals surface area contributed by atoms with Crippen molar-refractivity contribution in [2.45, 2.75) is 56.9 Å². The van der Waals surface area contributed by atoms with E-state index in [2.05, 4.69) is 13.0 Å². The topological polar surface area (TPSA) is 62.8 Å². The van der Waals surface area contributed by atoms with Crippen LogP contribution < -0.4 is 5.73 Å². The highest BCUT2D eigenvalue weighted by Crippen LogP contribution is 2.28. The van der Waals surface area contributed by atoms with Gasteiger partial charge >= 0.3 is 0 Å². The van der Waals surface area contributed by atoms with Crippen LogP contribution in [0.4, 0.5) is 0 Å². The summed E-state index contributed by atoms with van der Waals surface area (Å²) in [5, 5.41) is 8.70. The number of nitrogens with zero attached hydrogens (tertiary/aromatic N) is 1. The predicted octanol–water partition coefficient (Wildman–Crippen LogP) is 3.53. The van der Waals surface area contributed by atoms with E-state index in [0.29, 0.717) is 0 Å². The summed E-state index contributed by atoms with van der Waals surface area (Å²) in [5.41, 5.74) is 9.07. The number of amidine groups is 1. The smallest absolute Gasteiger partial charge is 0.125 e. The monoisotopic (exact) mass is 277 g/mol. The Balaban J connectivity index is 2.17. The summed E-state index contributed by atoms with van der Waals surface area (Å²) in [6, 6.07) is 2.10. The first kappa shape index (κ1) is 14.4. The van der Waals surface area contributed by atoms with Crippen LogP contribution in [0.5, 0.6) is 0 Å². The fourth-order valence-corrected chi connectivity index (χ4v) is 3.48. The minimum absolute atomic E-state index is 0.152. The van der Waals surface area contributed by atoms with Gasteiger partial charge in [-0.2, -0.15) is 0 Å². The van der Waals surface area contributed by atoms with E-state index in [-0.39, 0.29) is 5.84 Å². The average molecular weight is 277 g/mol. The SMILES string of the molecule is CCCCCSc1nc2c(cc1C(=N)N)CCCC2. The summed E-state index contributed by atoms with van der Waals surface area (Å²) >= 11 is 1.76. The van der Waals surface area contributed by atoms with Crippen LogP contribution in [0, 0.1) is 5.41 Å². The Morgan fingerprint density at radius 1 is 1.37 bits per heavy atom. The molecule has 104 valence electrons. The van der Waals surface area contributed by atoms with E-state index < -0.39 is 0 Å². The van der Waals surface area contributed by atoms with Crippen LogP contribution >= 0.6 is 11.8 Å². The number of unbranched alkanes of at least 4 members (excludes halogenated alkanes) is 2. The lowest BCUT2D eigenvalue weighted by Gasteiger charge is -2.18. The Morgan fingerprint density at radius 3 is 2.89 bits per heavy atom. The largest absolute Gasteiger partial charge is 0.384 e. The van der Waals surface area contributed by atoms with Crippen molar-refractivity contribution in [2.75, 3.05) is 5.75 Å². The molecule has 0 saturated carbocycles. The van der Waals surface area contributed by atoms with Gasteiger partial charge in [0.2, 0.25) is 0 Å². The number of hydrogen-bond donors (Lipinski definition) is 2. The first-order valence-electron chi connectivity index (χ1n) is 7.22. The highest BCUT2D eigenvalue weighted by Gasteiger charge is 2.16. The Bertz CT molecular complexity index is 457. The summed E-state index contributed by atoms with van der Waals surface area (Å²) in [4.78, 5) is 4.77. The van der Waals surface area contributed by atoms with Gasteiger partial charge in [-0.15, -0.1) is 11.8 Å². The molecule has 1 aromatic rings. The van der Waals surface area contributed by atoms with Crippen LogP contribution in [0.25, 0.3) is 0 Å². The third kappa shape index (κ3) is 3.72. The number of fused-ring (bicyclic) bond motifs is 1. The molecule has 0 bridgehead atoms. The van der Waals surface area contributed by atoms with Gasteiger partial charge in [-0.3, -0.25) is 5.41 Å². The van der Waals surface area contributed by atoms with Gasteiger partial charge in [-0.25, -0.2) is 4.98 Å². The molecule has 0 spiro atoms. The van der Waals surface area contributed by atoms with Gasteiger partial charge in [0.15, 0.2) is 0 Å². The predicted molar refractivity (Wildman–Crippen MR) is 82.1 cm³/mol. The molecule has 0 aromatic carbocycles. The van der Waals surface area contributed by atoms with E-state index in [1.54, 1.807) is 11.8 Å². The van der Waals surface area contributed by atoms with E-state index in [1.165, 1.54) is 43.4 Å². The zero-order valence-electron chi connectivity index (χ0n) is 11.7. The number of aryl methyl sites for hydroxylation is 2. The average Bonchev–Trinajstić information content (AvgIpc) is 2.42. The lowest BCUT2D eigenvalue weighted by molar-refractivity contribution is 0.660. The van der Waals surface area contributed by atoms with E-state index >= 15 is 0 Å². The summed E-state index contributed by atoms with van der Waals surface area (Å²) in [5.74, 6) is 1.22. The quantitative estimate of drug-likeness (QED) is 0.362. The van der Waals surface area contributed by atoms with Crippen LogP contribution in [-0.4, -0.2) is 16.6 Å². The van der Waals surface area contributed by atoms with Crippen molar-refractivity contribution in [1.29, 1.82) is 5.41 Å². The standard InChI is InChI=1S/C15H23N3S/c1-2-3-6-9-19-15-12(14(16)17)10-11-7-4-5-8-13(11)18-15/h10H,2-9H2,1H3,(H3,16,17). The highest BCUT2D eigenvalue weighted by atomic mass is 32.2. The maximum absolute atomic E-state index is 7.73. The lowest BCUT2D eigenvalue weighted by atomic mass is 9.95. The number of rotatable bonds is 6. The molecule has 0 radical (unpaired) electrons. The zero-order valence-corrected chi connectivity index (χ0v) is 12.5. The zero-order chi connectivity index (χ0) is 13.7. The Hall–Kier alpha value is -1.03. The molecule has 2 rings (SSSR count). The van der Waals surface area contributed by atoms with Crippen molar-refractivity contribution in [3.05, 3.63) is 22.9 Å². The number of nitrogen functional groups attached to an aromatic ring is 1. The number of aromatic nitrogens is 1. The molecule has 3 N–H and O–H groups in total. The summed E-state index contributed by atoms with van der Waals surface area (Å²) in [7, 11) is 0. The number of hydrogen-bond acceptors (Lipinski definition) is 3. The van der Waals surface area contributed by atoms with Crippen molar-refractivity contribution in [3.8, 4) is 0 Å². The van der Waals surface area contributed by atoms with Crippen molar-refractivity contribution in [1.82, 2.24) is 4.98 Å². The molecule has 1 aliphatic carbocycles. The van der Waals surface area contributed by atoms with Gasteiger partial charge in [-0.05, 0) is 49.5 Å². The first-order chi connectivity index (χ1) is 9.22. The van der Waals surface area contributed by atoms with Gasteiger partial charge in [0, 0.05) is 11.3 Å². The van der Waals surface area contributed by atoms with Crippen molar-refractivity contribution < 1.29 is 0 Å². The summed E-state index contributed by atoms with van der Waals surface area (Å²) in [6.45, 7) is 2.21. The molecule has 0 aliphatic heterocycles. The number of nitrogens with one attached hydrogen (secondary N) is 1. The Labute approximate surface area is 119 Å². The maximum Gasteiger partial charge on any atom is 0.125 e. The third-order valence-corrected chi connectivity index (χ3v) is 4.62. The number of thioether (sulfide) groups is 1. The molecule has 0 fully saturated rings. The van der Waals surface area contributed by atoms with Crippen LogP contribution in [0.2, 0.25) is 0 Å². The maximum atomic E-state index is 7.73. The fourth-order valence-electron chi connectivity index (χ4n) is 2.44.